The van der Waals surface area contributed by atoms with Crippen molar-refractivity contribution >= 4 is 72.4 Å². The first-order chi connectivity index (χ1) is 28.9. The van der Waals surface area contributed by atoms with Crippen LogP contribution in [0.15, 0.2) is 27.3 Å². The van der Waals surface area contributed by atoms with E-state index in [1.54, 1.807) is 6.07 Å². The Hall–Kier alpha value is -5.17. The first-order valence-electron chi connectivity index (χ1n) is 21.2. The summed E-state index contributed by atoms with van der Waals surface area (Å²) < 4.78 is 11.0. The number of aromatic hydroxyl groups is 1. The lowest BCUT2D eigenvalue weighted by Crippen LogP contribution is -2.27. The number of anilines is 1. The number of Topliss-reactive ketones (excluding diaryl/α,β-unsaturated/α-hetero) is 2. The molecule has 0 bridgehead atoms. The highest BCUT2D eigenvalue weighted by atomic mass is 16.5. The van der Waals surface area contributed by atoms with Gasteiger partial charge in [0.2, 0.25) is 5.43 Å². The monoisotopic (exact) mass is 819 g/mol. The van der Waals surface area contributed by atoms with Crippen molar-refractivity contribution in [2.75, 3.05) is 32.7 Å². The number of aliphatic hydroxyl groups excluding tert-OH is 3. The van der Waals surface area contributed by atoms with E-state index in [-0.39, 0.29) is 69.0 Å². The average molecular weight is 820 g/mol. The van der Waals surface area contributed by atoms with Crippen molar-refractivity contribution in [3.05, 3.63) is 66.0 Å². The van der Waals surface area contributed by atoms with E-state index in [0.29, 0.717) is 111 Å². The molecule has 1 atom stereocenters. The zero-order chi connectivity index (χ0) is 42.7. The molecule has 5 N–H and O–H groups in total. The fraction of sp³-hybridized carbons (Fsp3) is 0.479. The van der Waals surface area contributed by atoms with Crippen molar-refractivity contribution in [3.8, 4) is 11.5 Å². The number of hydrogen-bond acceptors (Lipinski definition) is 12. The minimum atomic E-state index is -0.925. The Balaban J connectivity index is 1.42. The van der Waals surface area contributed by atoms with Gasteiger partial charge in [-0.2, -0.15) is 0 Å². The van der Waals surface area contributed by atoms with E-state index < -0.39 is 36.6 Å². The van der Waals surface area contributed by atoms with E-state index in [4.69, 9.17) is 9.47 Å². The molecule has 12 heteroatoms. The van der Waals surface area contributed by atoms with Gasteiger partial charge in [-0.1, -0.05) is 11.6 Å². The standard InChI is InChI=1S/C48H53NO11/c1-22-15-31-30(14-9-24-5-12-27(13-6-24)48(58)60-4)45(56)40-33(54)17-29(20-51)37-36-28(19-50)16-32(49-18-25-7-10-26(11-8-25)34(55)21-52)39-42(36)43(38(31)41(37)40)44(35(22)23(2)53)47(59-3)46(39)57/h15-17,24-27,35,49-52,56H,5-14,18-21H2,1-4H3. The predicted molar refractivity (Wildman–Crippen MR) is 230 cm³/mol. The van der Waals surface area contributed by atoms with Crippen molar-refractivity contribution in [1.82, 2.24) is 0 Å². The van der Waals surface area contributed by atoms with Gasteiger partial charge in [0.15, 0.2) is 17.0 Å². The Morgan fingerprint density at radius 2 is 1.38 bits per heavy atom. The molecule has 2 fully saturated rings. The Kier molecular flexibility index (Phi) is 11.3. The molecule has 0 amide bonds. The molecule has 0 spiro atoms. The van der Waals surface area contributed by atoms with Crippen molar-refractivity contribution < 1.29 is 44.3 Å². The highest BCUT2D eigenvalue weighted by Gasteiger charge is 2.37. The van der Waals surface area contributed by atoms with Gasteiger partial charge in [-0.15, -0.1) is 0 Å². The van der Waals surface area contributed by atoms with Crippen LogP contribution >= 0.6 is 0 Å². The lowest BCUT2D eigenvalue weighted by atomic mass is 9.77. The SMILES string of the molecule is COC(=O)C1CCC(CCc2c(O)c3c(=O)cc(CO)c4c5c(CO)cc(NCC6CCC(C(=O)CO)CC6)c6c(=O)c(OC)c7c(c(c2C=C(C)C7C(C)=O)c34)c65)CC1. The number of aliphatic hydroxyl groups is 3. The lowest BCUT2D eigenvalue weighted by molar-refractivity contribution is -0.146. The smallest absolute Gasteiger partial charge is 0.308 e. The maximum Gasteiger partial charge on any atom is 0.308 e. The summed E-state index contributed by atoms with van der Waals surface area (Å²) in [6, 6.07) is 3.05. The van der Waals surface area contributed by atoms with Crippen molar-refractivity contribution in [2.24, 2.45) is 23.7 Å². The summed E-state index contributed by atoms with van der Waals surface area (Å²) in [5.74, 6) is -1.62. The first-order valence-corrected chi connectivity index (χ1v) is 21.2. The molecule has 5 aromatic carbocycles. The van der Waals surface area contributed by atoms with Gasteiger partial charge < -0.3 is 35.2 Å². The summed E-state index contributed by atoms with van der Waals surface area (Å²) in [6.45, 7) is 2.28. The summed E-state index contributed by atoms with van der Waals surface area (Å²) in [6.07, 6.45) is 8.74. The maximum atomic E-state index is 15.1. The number of allylic oxidation sites excluding steroid dienone is 1. The van der Waals surface area contributed by atoms with E-state index in [9.17, 15) is 39.6 Å². The van der Waals surface area contributed by atoms with E-state index in [0.717, 1.165) is 25.7 Å². The number of carbonyl (C=O) groups is 3. The normalized spacial score (nSPS) is 21.8. The lowest BCUT2D eigenvalue weighted by Gasteiger charge is -2.29. The number of hydrogen-bond donors (Lipinski definition) is 5. The van der Waals surface area contributed by atoms with Crippen LogP contribution in [0.2, 0.25) is 0 Å². The second-order valence-electron chi connectivity index (χ2n) is 17.4. The van der Waals surface area contributed by atoms with Gasteiger partial charge in [0.25, 0.3) is 0 Å². The molecule has 12 nitrogen and oxygen atoms in total. The Labute approximate surface area is 346 Å². The van der Waals surface area contributed by atoms with Gasteiger partial charge in [-0.3, -0.25) is 24.0 Å². The summed E-state index contributed by atoms with van der Waals surface area (Å²) >= 11 is 0. The highest BCUT2D eigenvalue weighted by molar-refractivity contribution is 6.39. The fourth-order valence-electron chi connectivity index (χ4n) is 11.2. The maximum absolute atomic E-state index is 15.1. The summed E-state index contributed by atoms with van der Waals surface area (Å²) in [4.78, 5) is 67.7. The molecular formula is C48H53NO11. The number of nitrogens with one attached hydrogen (secondary N) is 1. The molecule has 60 heavy (non-hydrogen) atoms. The second-order valence-corrected chi connectivity index (χ2v) is 17.4. The van der Waals surface area contributed by atoms with Gasteiger partial charge in [0.1, 0.15) is 18.1 Å². The largest absolute Gasteiger partial charge is 0.507 e. The van der Waals surface area contributed by atoms with Crippen molar-refractivity contribution in [1.29, 1.82) is 0 Å². The van der Waals surface area contributed by atoms with Crippen LogP contribution in [0.1, 0.15) is 105 Å². The van der Waals surface area contributed by atoms with E-state index in [1.165, 1.54) is 27.2 Å². The zero-order valence-electron chi connectivity index (χ0n) is 34.7. The summed E-state index contributed by atoms with van der Waals surface area (Å²) in [5.41, 5.74) is 2.35. The van der Waals surface area contributed by atoms with Crippen LogP contribution in [-0.4, -0.2) is 65.3 Å². The number of phenolic OH excluding ortho intramolecular Hbond substituents is 1. The number of carbonyl (C=O) groups excluding carboxylic acids is 3. The minimum Gasteiger partial charge on any atom is -0.507 e. The number of fused-ring (bicyclic) bond motifs is 1. The van der Waals surface area contributed by atoms with E-state index in [1.807, 2.05) is 13.0 Å². The first kappa shape index (κ1) is 41.6. The molecule has 3 aliphatic carbocycles. The number of ether oxygens (including phenoxy) is 2. The van der Waals surface area contributed by atoms with E-state index >= 15 is 4.79 Å². The summed E-state index contributed by atoms with van der Waals surface area (Å²) in [5, 5.41) is 50.5. The third kappa shape index (κ3) is 6.58. The van der Waals surface area contributed by atoms with Crippen LogP contribution in [0.3, 0.4) is 0 Å². The van der Waals surface area contributed by atoms with Gasteiger partial charge >= 0.3 is 5.97 Å². The number of phenols is 1. The van der Waals surface area contributed by atoms with Crippen LogP contribution in [0.25, 0.3) is 49.2 Å². The topological polar surface area (TPSA) is 197 Å². The summed E-state index contributed by atoms with van der Waals surface area (Å²) in [7, 11) is 2.81. The Morgan fingerprint density at radius 1 is 0.767 bits per heavy atom. The average Bonchev–Trinajstić information content (AvgIpc) is 3.39. The van der Waals surface area contributed by atoms with Crippen LogP contribution in [0.4, 0.5) is 5.69 Å². The molecule has 3 aliphatic rings. The molecule has 316 valence electrons. The molecular weight excluding hydrogens is 767 g/mol. The second kappa shape index (κ2) is 16.4. The van der Waals surface area contributed by atoms with Gasteiger partial charge in [0, 0.05) is 40.0 Å². The zero-order valence-corrected chi connectivity index (χ0v) is 34.7. The molecule has 0 saturated heterocycles. The van der Waals surface area contributed by atoms with Crippen LogP contribution < -0.4 is 20.9 Å². The molecule has 8 rings (SSSR count). The molecule has 1 unspecified atom stereocenters. The highest BCUT2D eigenvalue weighted by Crippen LogP contribution is 2.54. The third-order valence-corrected chi connectivity index (χ3v) is 14.1. The van der Waals surface area contributed by atoms with Crippen LogP contribution in [0.5, 0.6) is 11.5 Å². The Bertz CT molecular complexity index is 2700. The minimum absolute atomic E-state index is 0.0127. The predicted octanol–water partition coefficient (Wildman–Crippen LogP) is 6.38. The number of esters is 1. The van der Waals surface area contributed by atoms with Gasteiger partial charge in [-0.05, 0) is 140 Å². The Morgan fingerprint density at radius 3 is 1.98 bits per heavy atom. The third-order valence-electron chi connectivity index (χ3n) is 14.1. The van der Waals surface area contributed by atoms with Crippen LogP contribution in [-0.2, 0) is 38.8 Å². The molecule has 5 aromatic rings. The van der Waals surface area contributed by atoms with Gasteiger partial charge in [0.05, 0.1) is 50.0 Å². The number of rotatable bonds is 13. The van der Waals surface area contributed by atoms with Gasteiger partial charge in [-0.25, -0.2) is 0 Å². The molecule has 0 aliphatic heterocycles. The number of ketones is 2. The number of methoxy groups -OCH3 is 2. The number of benzene rings is 5. The quantitative estimate of drug-likeness (QED) is 0.0501. The molecule has 0 radical (unpaired) electrons. The van der Waals surface area contributed by atoms with Crippen molar-refractivity contribution in [3.63, 3.8) is 0 Å². The van der Waals surface area contributed by atoms with E-state index in [2.05, 4.69) is 5.32 Å². The van der Waals surface area contributed by atoms with Crippen molar-refractivity contribution in [2.45, 2.75) is 97.2 Å². The molecule has 2 saturated carbocycles. The molecule has 0 aromatic heterocycles. The van der Waals surface area contributed by atoms with Crippen LogP contribution in [0, 0.1) is 23.7 Å². The molecule has 0 heterocycles. The fourth-order valence-corrected chi connectivity index (χ4v) is 11.2.